The molecule has 4 aromatic rings. The van der Waals surface area contributed by atoms with E-state index in [0.717, 1.165) is 58.4 Å². The van der Waals surface area contributed by atoms with Gasteiger partial charge < -0.3 is 19.1 Å². The number of hydrogen-bond acceptors (Lipinski definition) is 4. The monoisotopic (exact) mass is 467 g/mol. The van der Waals surface area contributed by atoms with Crippen molar-refractivity contribution in [1.82, 2.24) is 4.57 Å². The maximum atomic E-state index is 13.4. The molecule has 5 heteroatoms. The molecule has 180 valence electrons. The first-order chi connectivity index (χ1) is 16.9. The van der Waals surface area contributed by atoms with Gasteiger partial charge in [0.2, 0.25) is 0 Å². The second kappa shape index (κ2) is 8.81. The molecule has 3 aromatic carbocycles. The summed E-state index contributed by atoms with van der Waals surface area (Å²) < 4.78 is 8.78. The maximum Gasteiger partial charge on any atom is 0.340 e. The van der Waals surface area contributed by atoms with E-state index in [-0.39, 0.29) is 5.97 Å². The van der Waals surface area contributed by atoms with E-state index in [1.165, 1.54) is 0 Å². The van der Waals surface area contributed by atoms with Gasteiger partial charge in [-0.05, 0) is 36.8 Å². The molecule has 0 aliphatic carbocycles. The van der Waals surface area contributed by atoms with Gasteiger partial charge in [0, 0.05) is 79.9 Å². The van der Waals surface area contributed by atoms with Gasteiger partial charge in [-0.15, -0.1) is 0 Å². The highest BCUT2D eigenvalue weighted by Crippen LogP contribution is 2.50. The molecule has 0 radical (unpaired) electrons. The predicted molar refractivity (Wildman–Crippen MR) is 144 cm³/mol. The first-order valence-electron chi connectivity index (χ1n) is 12.3. The lowest BCUT2D eigenvalue weighted by atomic mass is 9.79. The Labute approximate surface area is 207 Å². The van der Waals surface area contributed by atoms with Crippen LogP contribution in [0, 0.1) is 0 Å². The molecule has 0 spiro atoms. The molecule has 0 fully saturated rings. The van der Waals surface area contributed by atoms with Crippen molar-refractivity contribution in [3.05, 3.63) is 95.2 Å². The van der Waals surface area contributed by atoms with Crippen LogP contribution in [0.25, 0.3) is 10.9 Å². The first kappa shape index (κ1) is 23.0. The predicted octanol–water partition coefficient (Wildman–Crippen LogP) is 6.04. The highest BCUT2D eigenvalue weighted by atomic mass is 16.6. The Kier molecular flexibility index (Phi) is 5.79. The van der Waals surface area contributed by atoms with Crippen LogP contribution in [0.3, 0.4) is 0 Å². The number of aromatic nitrogens is 1. The summed E-state index contributed by atoms with van der Waals surface area (Å²) in [6.07, 6.45) is 4.40. The SMILES string of the molecule is CCCCn1cc(C2(c3ccc(N(C)C)cc3)OC(=O)c3cc(N(C)C)ccc32)c2ccccc21. The molecule has 0 saturated heterocycles. The average Bonchev–Trinajstić information content (AvgIpc) is 3.38. The number of rotatable bonds is 7. The number of fused-ring (bicyclic) bond motifs is 2. The summed E-state index contributed by atoms with van der Waals surface area (Å²) in [7, 11) is 8.02. The van der Waals surface area contributed by atoms with Crippen LogP contribution >= 0.6 is 0 Å². The number of para-hydroxylation sites is 1. The average molecular weight is 468 g/mol. The van der Waals surface area contributed by atoms with Gasteiger partial charge in [-0.1, -0.05) is 49.7 Å². The number of nitrogens with zero attached hydrogens (tertiary/aromatic N) is 3. The van der Waals surface area contributed by atoms with Gasteiger partial charge in [0.15, 0.2) is 5.60 Å². The standard InChI is InChI=1S/C30H33N3O2/c1-6-7-18-33-20-27(24-10-8-9-11-28(24)33)30(21-12-14-22(15-13-21)31(2)3)26-17-16-23(32(4)5)19-25(26)29(34)35-30/h8-17,19-20H,6-7,18H2,1-5H3. The second-order valence-corrected chi connectivity index (χ2v) is 9.74. The number of carbonyl (C=O) groups excluding carboxylic acids is 1. The quantitative estimate of drug-likeness (QED) is 0.311. The van der Waals surface area contributed by atoms with Crippen molar-refractivity contribution in [2.24, 2.45) is 0 Å². The van der Waals surface area contributed by atoms with Crippen molar-refractivity contribution in [2.75, 3.05) is 38.0 Å². The zero-order valence-corrected chi connectivity index (χ0v) is 21.2. The van der Waals surface area contributed by atoms with Gasteiger partial charge in [-0.3, -0.25) is 0 Å². The fourth-order valence-electron chi connectivity index (χ4n) is 5.14. The molecule has 5 rings (SSSR count). The summed E-state index contributed by atoms with van der Waals surface area (Å²) in [5, 5.41) is 1.11. The Morgan fingerprint density at radius 3 is 2.23 bits per heavy atom. The molecule has 1 unspecified atom stereocenters. The Bertz CT molecular complexity index is 1380. The maximum absolute atomic E-state index is 13.4. The van der Waals surface area contributed by atoms with E-state index in [0.29, 0.717) is 5.56 Å². The Balaban J connectivity index is 1.81. The van der Waals surface area contributed by atoms with Gasteiger partial charge in [0.25, 0.3) is 0 Å². The van der Waals surface area contributed by atoms with E-state index in [4.69, 9.17) is 4.74 Å². The minimum atomic E-state index is -1.01. The molecule has 5 nitrogen and oxygen atoms in total. The molecule has 0 N–H and O–H groups in total. The number of cyclic esters (lactones) is 1. The van der Waals surface area contributed by atoms with Gasteiger partial charge in [0.1, 0.15) is 0 Å². The zero-order chi connectivity index (χ0) is 24.7. The summed E-state index contributed by atoms with van der Waals surface area (Å²) >= 11 is 0. The Hall–Kier alpha value is -3.73. The smallest absolute Gasteiger partial charge is 0.340 e. The van der Waals surface area contributed by atoms with Crippen LogP contribution in [0.2, 0.25) is 0 Å². The third kappa shape index (κ3) is 3.66. The van der Waals surface area contributed by atoms with Crippen molar-refractivity contribution in [3.8, 4) is 0 Å². The Morgan fingerprint density at radius 2 is 1.54 bits per heavy atom. The normalized spacial score (nSPS) is 16.9. The van der Waals surface area contributed by atoms with Crippen molar-refractivity contribution in [1.29, 1.82) is 0 Å². The van der Waals surface area contributed by atoms with Crippen molar-refractivity contribution >= 4 is 28.2 Å². The lowest BCUT2D eigenvalue weighted by Crippen LogP contribution is -2.29. The number of hydrogen-bond donors (Lipinski definition) is 0. The molecule has 1 atom stereocenters. The largest absolute Gasteiger partial charge is 0.440 e. The molecule has 1 aliphatic heterocycles. The molecule has 1 aliphatic rings. The summed E-state index contributed by atoms with van der Waals surface area (Å²) in [6, 6.07) is 22.9. The van der Waals surface area contributed by atoms with E-state index >= 15 is 0 Å². The molecule has 0 bridgehead atoms. The lowest BCUT2D eigenvalue weighted by Gasteiger charge is -2.30. The van der Waals surface area contributed by atoms with Crippen LogP contribution in [0.4, 0.5) is 11.4 Å². The van der Waals surface area contributed by atoms with E-state index in [1.54, 1.807) is 0 Å². The second-order valence-electron chi connectivity index (χ2n) is 9.74. The van der Waals surface area contributed by atoms with Crippen LogP contribution in [-0.4, -0.2) is 38.7 Å². The highest BCUT2D eigenvalue weighted by Gasteiger charge is 2.50. The Morgan fingerprint density at radius 1 is 0.857 bits per heavy atom. The minimum Gasteiger partial charge on any atom is -0.440 e. The van der Waals surface area contributed by atoms with Crippen molar-refractivity contribution in [2.45, 2.75) is 31.9 Å². The van der Waals surface area contributed by atoms with E-state index in [9.17, 15) is 4.79 Å². The lowest BCUT2D eigenvalue weighted by molar-refractivity contribution is 0.0255. The number of unbranched alkanes of at least 4 members (excludes halogenated alkanes) is 1. The third-order valence-electron chi connectivity index (χ3n) is 7.08. The number of aryl methyl sites for hydroxylation is 1. The van der Waals surface area contributed by atoms with Crippen molar-refractivity contribution in [3.63, 3.8) is 0 Å². The summed E-state index contributed by atoms with van der Waals surface area (Å²) in [5.74, 6) is -0.286. The number of carbonyl (C=O) groups is 1. The minimum absolute atomic E-state index is 0.286. The molecule has 0 saturated carbocycles. The third-order valence-corrected chi connectivity index (χ3v) is 7.08. The van der Waals surface area contributed by atoms with Crippen LogP contribution in [0.5, 0.6) is 0 Å². The van der Waals surface area contributed by atoms with Gasteiger partial charge in [0.05, 0.1) is 5.56 Å². The summed E-state index contributed by atoms with van der Waals surface area (Å²) in [6.45, 7) is 3.13. The van der Waals surface area contributed by atoms with Crippen LogP contribution in [0.15, 0.2) is 72.9 Å². The molecule has 35 heavy (non-hydrogen) atoms. The van der Waals surface area contributed by atoms with E-state index in [2.05, 4.69) is 83.3 Å². The number of anilines is 2. The summed E-state index contributed by atoms with van der Waals surface area (Å²) in [5.41, 5.74) is 5.69. The molecular weight excluding hydrogens is 434 g/mol. The zero-order valence-electron chi connectivity index (χ0n) is 21.2. The highest BCUT2D eigenvalue weighted by molar-refractivity contribution is 5.99. The molecule has 0 amide bonds. The molecule has 1 aromatic heterocycles. The van der Waals surface area contributed by atoms with Gasteiger partial charge in [-0.25, -0.2) is 4.79 Å². The van der Waals surface area contributed by atoms with Gasteiger partial charge >= 0.3 is 5.97 Å². The van der Waals surface area contributed by atoms with Crippen LogP contribution in [0.1, 0.15) is 46.8 Å². The van der Waals surface area contributed by atoms with Crippen LogP contribution < -0.4 is 9.80 Å². The van der Waals surface area contributed by atoms with Gasteiger partial charge in [-0.2, -0.15) is 0 Å². The number of ether oxygens (including phenoxy) is 1. The number of benzene rings is 3. The van der Waals surface area contributed by atoms with E-state index < -0.39 is 5.60 Å². The van der Waals surface area contributed by atoms with E-state index in [1.807, 2.05) is 39.2 Å². The molecular formula is C30H33N3O2. The van der Waals surface area contributed by atoms with Crippen LogP contribution in [-0.2, 0) is 16.9 Å². The fraction of sp³-hybridized carbons (Fsp3) is 0.300. The molecule has 2 heterocycles. The summed E-state index contributed by atoms with van der Waals surface area (Å²) in [4.78, 5) is 17.5. The number of esters is 1. The first-order valence-corrected chi connectivity index (χ1v) is 12.3. The topological polar surface area (TPSA) is 37.7 Å². The van der Waals surface area contributed by atoms with Crippen molar-refractivity contribution < 1.29 is 9.53 Å². The fourth-order valence-corrected chi connectivity index (χ4v) is 5.14.